The number of rotatable bonds is 4. The second kappa shape index (κ2) is 6.99. The molecule has 0 unspecified atom stereocenters. The van der Waals surface area contributed by atoms with Gasteiger partial charge in [-0.3, -0.25) is 0 Å². The molecule has 4 nitrogen and oxygen atoms in total. The van der Waals surface area contributed by atoms with E-state index in [4.69, 9.17) is 4.74 Å². The normalized spacial score (nSPS) is 14.6. The number of benzene rings is 2. The Morgan fingerprint density at radius 2 is 1.56 bits per heavy atom. The van der Waals surface area contributed by atoms with Crippen molar-refractivity contribution in [1.82, 2.24) is 4.31 Å². The van der Waals surface area contributed by atoms with Gasteiger partial charge in [-0.1, -0.05) is 48.0 Å². The number of aryl methyl sites for hydroxylation is 1. The molecule has 0 radical (unpaired) electrons. The van der Waals surface area contributed by atoms with E-state index >= 15 is 0 Å². The van der Waals surface area contributed by atoms with Gasteiger partial charge in [0.1, 0.15) is 5.75 Å². The van der Waals surface area contributed by atoms with Crippen LogP contribution >= 0.6 is 0 Å². The summed E-state index contributed by atoms with van der Waals surface area (Å²) in [6, 6.07) is 15.9. The summed E-state index contributed by atoms with van der Waals surface area (Å²) < 4.78 is 33.4. The molecular weight excluding hydrogens is 334 g/mol. The first kappa shape index (κ1) is 17.0. The topological polar surface area (TPSA) is 46.6 Å². The van der Waals surface area contributed by atoms with Crippen molar-refractivity contribution < 1.29 is 13.2 Å². The van der Waals surface area contributed by atoms with Crippen LogP contribution in [-0.2, 0) is 10.0 Å². The monoisotopic (exact) mass is 353 g/mol. The molecule has 0 saturated carbocycles. The number of nitrogens with zero attached hydrogens (tertiary/aromatic N) is 1. The number of hydrogen-bond donors (Lipinski definition) is 0. The van der Waals surface area contributed by atoms with Crippen molar-refractivity contribution in [2.75, 3.05) is 0 Å². The quantitative estimate of drug-likeness (QED) is 0.819. The highest BCUT2D eigenvalue weighted by Crippen LogP contribution is 2.27. The third-order valence-electron chi connectivity index (χ3n) is 3.75. The van der Waals surface area contributed by atoms with Crippen molar-refractivity contribution in [3.05, 3.63) is 96.0 Å². The Morgan fingerprint density at radius 3 is 2.24 bits per heavy atom. The minimum atomic E-state index is -3.78. The third kappa shape index (κ3) is 3.67. The van der Waals surface area contributed by atoms with E-state index in [9.17, 15) is 8.42 Å². The fraction of sp³-hybridized carbons (Fsp3) is 0.100. The summed E-state index contributed by atoms with van der Waals surface area (Å²) in [5.74, 6) is 0.835. The molecule has 3 rings (SSSR count). The van der Waals surface area contributed by atoms with Gasteiger partial charge in [-0.05, 0) is 44.2 Å². The van der Waals surface area contributed by atoms with Crippen LogP contribution in [0.2, 0.25) is 0 Å². The highest BCUT2D eigenvalue weighted by Gasteiger charge is 2.28. The lowest BCUT2D eigenvalue weighted by molar-refractivity contribution is 0.332. The zero-order valence-corrected chi connectivity index (χ0v) is 14.9. The van der Waals surface area contributed by atoms with E-state index in [1.165, 1.54) is 10.5 Å². The maximum Gasteiger partial charge on any atom is 0.270 e. The van der Waals surface area contributed by atoms with Crippen molar-refractivity contribution in [3.8, 4) is 5.75 Å². The van der Waals surface area contributed by atoms with Crippen LogP contribution in [0.4, 0.5) is 0 Å². The zero-order valence-electron chi connectivity index (χ0n) is 14.1. The van der Waals surface area contributed by atoms with Gasteiger partial charge in [0.25, 0.3) is 10.0 Å². The van der Waals surface area contributed by atoms with E-state index in [0.29, 0.717) is 11.3 Å². The second-order valence-corrected chi connectivity index (χ2v) is 7.53. The molecule has 1 heterocycles. The molecule has 0 fully saturated rings. The minimum Gasteiger partial charge on any atom is -0.440 e. The van der Waals surface area contributed by atoms with Crippen LogP contribution in [0.5, 0.6) is 5.75 Å². The van der Waals surface area contributed by atoms with Crippen LogP contribution < -0.4 is 4.74 Å². The number of allylic oxidation sites excluding steroid dienone is 4. The molecule has 5 heteroatoms. The predicted octanol–water partition coefficient (Wildman–Crippen LogP) is 4.38. The van der Waals surface area contributed by atoms with Crippen LogP contribution in [0.3, 0.4) is 0 Å². The largest absolute Gasteiger partial charge is 0.440 e. The fourth-order valence-corrected chi connectivity index (χ4v) is 3.72. The number of sulfonamides is 1. The summed E-state index contributed by atoms with van der Waals surface area (Å²) in [6.45, 7) is 3.74. The Bertz CT molecular complexity index is 940. The average molecular weight is 353 g/mol. The third-order valence-corrected chi connectivity index (χ3v) is 5.43. The summed E-state index contributed by atoms with van der Waals surface area (Å²) in [4.78, 5) is 0.214. The zero-order chi connectivity index (χ0) is 17.9. The van der Waals surface area contributed by atoms with E-state index in [0.717, 1.165) is 5.56 Å². The summed E-state index contributed by atoms with van der Waals surface area (Å²) in [5, 5.41) is 0. The smallest absolute Gasteiger partial charge is 0.270 e. The van der Waals surface area contributed by atoms with Crippen LogP contribution in [0.15, 0.2) is 95.4 Å². The van der Waals surface area contributed by atoms with Crippen LogP contribution in [0, 0.1) is 6.92 Å². The van der Waals surface area contributed by atoms with Crippen LogP contribution in [0.25, 0.3) is 0 Å². The molecule has 0 N–H and O–H groups in total. The van der Waals surface area contributed by atoms with Crippen molar-refractivity contribution in [3.63, 3.8) is 0 Å². The van der Waals surface area contributed by atoms with E-state index in [-0.39, 0.29) is 10.8 Å². The Hall–Kier alpha value is -2.79. The van der Waals surface area contributed by atoms with E-state index in [1.54, 1.807) is 48.6 Å². The van der Waals surface area contributed by atoms with Crippen molar-refractivity contribution >= 4 is 10.0 Å². The first-order valence-electron chi connectivity index (χ1n) is 7.88. The Morgan fingerprint density at radius 1 is 0.880 bits per heavy atom. The molecule has 0 amide bonds. The molecule has 1 aliphatic heterocycles. The van der Waals surface area contributed by atoms with Crippen molar-refractivity contribution in [2.45, 2.75) is 18.7 Å². The summed E-state index contributed by atoms with van der Waals surface area (Å²) >= 11 is 0. The Labute approximate surface area is 148 Å². The maximum absolute atomic E-state index is 13.1. The summed E-state index contributed by atoms with van der Waals surface area (Å²) in [6.07, 6.45) is 6.78. The van der Waals surface area contributed by atoms with E-state index in [1.807, 2.05) is 38.1 Å². The molecule has 0 atom stereocenters. The molecule has 2 aromatic rings. The van der Waals surface area contributed by atoms with Gasteiger partial charge in [-0.2, -0.15) is 0 Å². The van der Waals surface area contributed by atoms with Gasteiger partial charge in [0.15, 0.2) is 0 Å². The maximum atomic E-state index is 13.1. The SMILES string of the molecule is CC1=C(Oc2ccccc2)N(S(=O)(=O)c2ccc(C)cc2)C=CC=C1. The van der Waals surface area contributed by atoms with Gasteiger partial charge in [-0.15, -0.1) is 0 Å². The van der Waals surface area contributed by atoms with Gasteiger partial charge in [0, 0.05) is 11.8 Å². The summed E-state index contributed by atoms with van der Waals surface area (Å²) in [7, 11) is -3.78. The highest BCUT2D eigenvalue weighted by atomic mass is 32.2. The van der Waals surface area contributed by atoms with Crippen molar-refractivity contribution in [2.24, 2.45) is 0 Å². The van der Waals surface area contributed by atoms with Crippen LogP contribution in [-0.4, -0.2) is 12.7 Å². The molecule has 0 bridgehead atoms. The number of ether oxygens (including phenoxy) is 1. The molecule has 1 aliphatic rings. The van der Waals surface area contributed by atoms with Crippen molar-refractivity contribution in [1.29, 1.82) is 0 Å². The lowest BCUT2D eigenvalue weighted by Gasteiger charge is -2.24. The molecule has 0 saturated heterocycles. The Kier molecular flexibility index (Phi) is 4.76. The average Bonchev–Trinajstić information content (AvgIpc) is 2.79. The van der Waals surface area contributed by atoms with E-state index in [2.05, 4.69) is 0 Å². The highest BCUT2D eigenvalue weighted by molar-refractivity contribution is 7.89. The number of hydrogen-bond acceptors (Lipinski definition) is 3. The first-order chi connectivity index (χ1) is 12.0. The molecule has 0 aliphatic carbocycles. The lowest BCUT2D eigenvalue weighted by Crippen LogP contribution is -2.28. The predicted molar refractivity (Wildman–Crippen MR) is 98.3 cm³/mol. The second-order valence-electron chi connectivity index (χ2n) is 5.72. The lowest BCUT2D eigenvalue weighted by atomic mass is 10.2. The van der Waals surface area contributed by atoms with Gasteiger partial charge < -0.3 is 4.74 Å². The van der Waals surface area contributed by atoms with E-state index < -0.39 is 10.0 Å². The Balaban J connectivity index is 2.05. The molecule has 0 spiro atoms. The summed E-state index contributed by atoms with van der Waals surface area (Å²) in [5.41, 5.74) is 1.71. The van der Waals surface area contributed by atoms with Gasteiger partial charge in [0.05, 0.1) is 4.90 Å². The fourth-order valence-electron chi connectivity index (χ4n) is 2.38. The molecule has 25 heavy (non-hydrogen) atoms. The standard InChI is InChI=1S/C20H19NO3S/c1-16-11-13-19(14-12-16)25(22,23)21-15-7-6-8-17(2)20(21)24-18-9-4-3-5-10-18/h3-15H,1-2H3. The first-order valence-corrected chi connectivity index (χ1v) is 9.32. The van der Waals surface area contributed by atoms with Gasteiger partial charge >= 0.3 is 0 Å². The molecule has 2 aromatic carbocycles. The molecule has 0 aromatic heterocycles. The number of para-hydroxylation sites is 1. The van der Waals surface area contributed by atoms with Gasteiger partial charge in [-0.25, -0.2) is 12.7 Å². The van der Waals surface area contributed by atoms with Crippen LogP contribution in [0.1, 0.15) is 12.5 Å². The van der Waals surface area contributed by atoms with Gasteiger partial charge in [0.2, 0.25) is 5.88 Å². The minimum absolute atomic E-state index is 0.214. The molecular formula is C20H19NO3S. The molecule has 128 valence electrons.